The van der Waals surface area contributed by atoms with Gasteiger partial charge in [-0.15, -0.1) is 0 Å². The van der Waals surface area contributed by atoms with E-state index in [0.717, 1.165) is 5.56 Å². The molecule has 4 aromatic rings. The Morgan fingerprint density at radius 2 is 1.60 bits per heavy atom. The van der Waals surface area contributed by atoms with Crippen molar-refractivity contribution in [1.82, 2.24) is 9.78 Å². The predicted octanol–water partition coefficient (Wildman–Crippen LogP) is 4.10. The minimum atomic E-state index is -0.403. The number of benzene rings is 3. The summed E-state index contributed by atoms with van der Waals surface area (Å²) < 4.78 is 6.93. The molecule has 0 saturated heterocycles. The summed E-state index contributed by atoms with van der Waals surface area (Å²) in [6.45, 7) is 2.64. The molecule has 4 rings (SSSR count). The maximum atomic E-state index is 13.2. The third kappa shape index (κ3) is 3.93. The summed E-state index contributed by atoms with van der Waals surface area (Å²) in [4.78, 5) is 26.1. The number of carbonyl (C=O) groups is 1. The van der Waals surface area contributed by atoms with Crippen molar-refractivity contribution in [2.24, 2.45) is 0 Å². The van der Waals surface area contributed by atoms with E-state index in [0.29, 0.717) is 28.8 Å². The standard InChI is InChI=1S/C24H21N3O3/c1-2-30-21-15-9-8-14-20(21)25-23(28)22-18-12-6-7-13-19(18)24(29)27(26-22)16-17-10-4-3-5-11-17/h3-15H,2,16H2,1H3,(H,25,28). The number of carbonyl (C=O) groups excluding carboxylic acids is 1. The molecule has 0 radical (unpaired) electrons. The topological polar surface area (TPSA) is 73.2 Å². The fraction of sp³-hybridized carbons (Fsp3) is 0.125. The van der Waals surface area contributed by atoms with Gasteiger partial charge in [0.05, 0.1) is 24.2 Å². The van der Waals surface area contributed by atoms with Gasteiger partial charge in [0, 0.05) is 5.39 Å². The second-order valence-electron chi connectivity index (χ2n) is 6.73. The minimum Gasteiger partial charge on any atom is -0.492 e. The maximum Gasteiger partial charge on any atom is 0.276 e. The molecule has 1 aromatic heterocycles. The average molecular weight is 399 g/mol. The number of aromatic nitrogens is 2. The van der Waals surface area contributed by atoms with Gasteiger partial charge < -0.3 is 10.1 Å². The van der Waals surface area contributed by atoms with Crippen molar-refractivity contribution >= 4 is 22.4 Å². The van der Waals surface area contributed by atoms with Crippen molar-refractivity contribution in [3.8, 4) is 5.75 Å². The summed E-state index contributed by atoms with van der Waals surface area (Å²) in [6.07, 6.45) is 0. The van der Waals surface area contributed by atoms with Crippen molar-refractivity contribution in [2.45, 2.75) is 13.5 Å². The maximum absolute atomic E-state index is 13.2. The van der Waals surface area contributed by atoms with Crippen LogP contribution in [0, 0.1) is 0 Å². The van der Waals surface area contributed by atoms with E-state index in [-0.39, 0.29) is 17.8 Å². The van der Waals surface area contributed by atoms with Gasteiger partial charge in [-0.25, -0.2) is 4.68 Å². The number of hydrogen-bond donors (Lipinski definition) is 1. The summed E-state index contributed by atoms with van der Waals surface area (Å²) in [5, 5.41) is 8.25. The highest BCUT2D eigenvalue weighted by Gasteiger charge is 2.18. The van der Waals surface area contributed by atoms with Crippen molar-refractivity contribution in [3.63, 3.8) is 0 Å². The van der Waals surface area contributed by atoms with E-state index in [4.69, 9.17) is 4.74 Å². The number of nitrogens with one attached hydrogen (secondary N) is 1. The predicted molar refractivity (Wildman–Crippen MR) is 117 cm³/mol. The van der Waals surface area contributed by atoms with Crippen molar-refractivity contribution in [2.75, 3.05) is 11.9 Å². The molecule has 150 valence electrons. The molecule has 1 heterocycles. The van der Waals surface area contributed by atoms with Crippen molar-refractivity contribution in [1.29, 1.82) is 0 Å². The number of anilines is 1. The summed E-state index contributed by atoms with van der Waals surface area (Å²) in [5.74, 6) is 0.176. The van der Waals surface area contributed by atoms with E-state index in [1.165, 1.54) is 4.68 Å². The number of rotatable bonds is 6. The van der Waals surface area contributed by atoms with Gasteiger partial charge >= 0.3 is 0 Å². The molecule has 0 unspecified atom stereocenters. The summed E-state index contributed by atoms with van der Waals surface area (Å²) in [5.41, 5.74) is 1.43. The lowest BCUT2D eigenvalue weighted by Gasteiger charge is -2.13. The van der Waals surface area contributed by atoms with Gasteiger partial charge in [0.15, 0.2) is 5.69 Å². The molecule has 1 N–H and O–H groups in total. The zero-order valence-electron chi connectivity index (χ0n) is 16.5. The highest BCUT2D eigenvalue weighted by atomic mass is 16.5. The van der Waals surface area contributed by atoms with E-state index >= 15 is 0 Å². The van der Waals surface area contributed by atoms with Crippen LogP contribution in [-0.4, -0.2) is 22.3 Å². The molecule has 1 amide bonds. The number of para-hydroxylation sites is 2. The Morgan fingerprint density at radius 3 is 2.37 bits per heavy atom. The summed E-state index contributed by atoms with van der Waals surface area (Å²) >= 11 is 0. The van der Waals surface area contributed by atoms with Gasteiger partial charge in [-0.3, -0.25) is 9.59 Å². The third-order valence-electron chi connectivity index (χ3n) is 4.69. The van der Waals surface area contributed by atoms with Gasteiger partial charge in [0.1, 0.15) is 5.75 Å². The number of hydrogen-bond acceptors (Lipinski definition) is 4. The zero-order chi connectivity index (χ0) is 20.9. The number of nitrogens with zero attached hydrogens (tertiary/aromatic N) is 2. The molecule has 0 spiro atoms. The molecule has 30 heavy (non-hydrogen) atoms. The van der Waals surface area contributed by atoms with Crippen LogP contribution in [0.2, 0.25) is 0 Å². The molecule has 0 aliphatic carbocycles. The monoisotopic (exact) mass is 399 g/mol. The Hall–Kier alpha value is -3.93. The van der Waals surface area contributed by atoms with E-state index in [1.807, 2.05) is 49.4 Å². The molecule has 0 aliphatic rings. The van der Waals surface area contributed by atoms with Gasteiger partial charge in [-0.05, 0) is 30.7 Å². The molecule has 0 fully saturated rings. The van der Waals surface area contributed by atoms with E-state index in [2.05, 4.69) is 10.4 Å². The van der Waals surface area contributed by atoms with Gasteiger partial charge in [0.2, 0.25) is 0 Å². The Balaban J connectivity index is 1.77. The van der Waals surface area contributed by atoms with E-state index in [1.54, 1.807) is 36.4 Å². The van der Waals surface area contributed by atoms with Gasteiger partial charge in [-0.1, -0.05) is 60.7 Å². The lowest BCUT2D eigenvalue weighted by Crippen LogP contribution is -2.28. The molecule has 6 heteroatoms. The first-order valence-corrected chi connectivity index (χ1v) is 9.74. The third-order valence-corrected chi connectivity index (χ3v) is 4.69. The van der Waals surface area contributed by atoms with E-state index in [9.17, 15) is 9.59 Å². The Kier molecular flexibility index (Phi) is 5.57. The number of fused-ring (bicyclic) bond motifs is 1. The highest BCUT2D eigenvalue weighted by Crippen LogP contribution is 2.25. The molecule has 3 aromatic carbocycles. The van der Waals surface area contributed by atoms with Gasteiger partial charge in [-0.2, -0.15) is 5.10 Å². The summed E-state index contributed by atoms with van der Waals surface area (Å²) in [6, 6.07) is 23.8. The van der Waals surface area contributed by atoms with Gasteiger partial charge in [0.25, 0.3) is 11.5 Å². The normalized spacial score (nSPS) is 10.7. The minimum absolute atomic E-state index is 0.187. The van der Waals surface area contributed by atoms with Crippen LogP contribution in [0.1, 0.15) is 23.0 Å². The van der Waals surface area contributed by atoms with Crippen LogP contribution in [0.4, 0.5) is 5.69 Å². The van der Waals surface area contributed by atoms with Crippen LogP contribution < -0.4 is 15.6 Å². The fourth-order valence-electron chi connectivity index (χ4n) is 3.30. The second-order valence-corrected chi connectivity index (χ2v) is 6.73. The largest absolute Gasteiger partial charge is 0.492 e. The molecule has 0 atom stereocenters. The Labute approximate surface area is 173 Å². The lowest BCUT2D eigenvalue weighted by atomic mass is 10.1. The number of amides is 1. The average Bonchev–Trinajstić information content (AvgIpc) is 2.78. The molecule has 0 bridgehead atoms. The lowest BCUT2D eigenvalue weighted by molar-refractivity contribution is 0.102. The van der Waals surface area contributed by atoms with Crippen LogP contribution in [0.15, 0.2) is 83.7 Å². The van der Waals surface area contributed by atoms with Crippen LogP contribution in [0.25, 0.3) is 10.8 Å². The highest BCUT2D eigenvalue weighted by molar-refractivity contribution is 6.11. The van der Waals surface area contributed by atoms with Crippen LogP contribution in [0.3, 0.4) is 0 Å². The van der Waals surface area contributed by atoms with Crippen LogP contribution >= 0.6 is 0 Å². The molecule has 6 nitrogen and oxygen atoms in total. The first kappa shape index (κ1) is 19.4. The Bertz CT molecular complexity index is 1250. The fourth-order valence-corrected chi connectivity index (χ4v) is 3.30. The first-order valence-electron chi connectivity index (χ1n) is 9.74. The zero-order valence-corrected chi connectivity index (χ0v) is 16.5. The quantitative estimate of drug-likeness (QED) is 0.530. The van der Waals surface area contributed by atoms with Crippen LogP contribution in [-0.2, 0) is 6.54 Å². The molecule has 0 aliphatic heterocycles. The van der Waals surface area contributed by atoms with E-state index < -0.39 is 5.91 Å². The van der Waals surface area contributed by atoms with Crippen molar-refractivity contribution < 1.29 is 9.53 Å². The smallest absolute Gasteiger partial charge is 0.276 e. The van der Waals surface area contributed by atoms with Crippen molar-refractivity contribution in [3.05, 3.63) is 100 Å². The molecule has 0 saturated carbocycles. The summed E-state index contributed by atoms with van der Waals surface area (Å²) in [7, 11) is 0. The first-order chi connectivity index (χ1) is 14.7. The van der Waals surface area contributed by atoms with Crippen LogP contribution in [0.5, 0.6) is 5.75 Å². The number of ether oxygens (including phenoxy) is 1. The second kappa shape index (κ2) is 8.61. The Morgan fingerprint density at radius 1 is 0.933 bits per heavy atom. The SMILES string of the molecule is CCOc1ccccc1NC(=O)c1nn(Cc2ccccc2)c(=O)c2ccccc12. The molecular formula is C24H21N3O3. The molecular weight excluding hydrogens is 378 g/mol.